The minimum atomic E-state index is -0.0401. The van der Waals surface area contributed by atoms with Crippen LogP contribution in [-0.4, -0.2) is 23.6 Å². The molecule has 2 fully saturated rings. The van der Waals surface area contributed by atoms with Crippen molar-refractivity contribution in [3.05, 3.63) is 35.0 Å². The van der Waals surface area contributed by atoms with Crippen LogP contribution in [0.2, 0.25) is 5.02 Å². The van der Waals surface area contributed by atoms with Crippen molar-refractivity contribution in [3.8, 4) is 0 Å². The van der Waals surface area contributed by atoms with Gasteiger partial charge in [-0.15, -0.1) is 0 Å². The molecule has 0 aliphatic heterocycles. The van der Waals surface area contributed by atoms with Crippen molar-refractivity contribution < 1.29 is 4.79 Å². The van der Waals surface area contributed by atoms with Crippen LogP contribution in [0.25, 0.3) is 10.9 Å². The van der Waals surface area contributed by atoms with Crippen LogP contribution < -0.4 is 10.6 Å². The van der Waals surface area contributed by atoms with Gasteiger partial charge in [0, 0.05) is 40.1 Å². The van der Waals surface area contributed by atoms with Gasteiger partial charge in [0.1, 0.15) is 0 Å². The van der Waals surface area contributed by atoms with E-state index >= 15 is 0 Å². The van der Waals surface area contributed by atoms with E-state index in [1.54, 1.807) is 0 Å². The van der Waals surface area contributed by atoms with E-state index in [1.807, 2.05) is 18.2 Å². The third-order valence-corrected chi connectivity index (χ3v) is 4.80. The van der Waals surface area contributed by atoms with E-state index < -0.39 is 0 Å². The number of nitrogens with one attached hydrogen (secondary N) is 3. The highest BCUT2D eigenvalue weighted by Crippen LogP contribution is 2.50. The van der Waals surface area contributed by atoms with Gasteiger partial charge in [0.25, 0.3) is 0 Å². The Labute approximate surface area is 128 Å². The summed E-state index contributed by atoms with van der Waals surface area (Å²) in [6.07, 6.45) is 6.50. The second-order valence-corrected chi connectivity index (χ2v) is 6.71. The predicted octanol–water partition coefficient (Wildman–Crippen LogP) is 3.31. The lowest BCUT2D eigenvalue weighted by Gasteiger charge is -2.16. The van der Waals surface area contributed by atoms with Crippen LogP contribution in [0, 0.1) is 0 Å². The quantitative estimate of drug-likeness (QED) is 0.797. The molecule has 0 bridgehead atoms. The molecule has 2 aliphatic rings. The van der Waals surface area contributed by atoms with Crippen molar-refractivity contribution in [2.75, 3.05) is 6.54 Å². The zero-order chi connectivity index (χ0) is 14.4. The molecule has 0 saturated heterocycles. The number of aromatic amines is 1. The molecule has 0 radical (unpaired) electrons. The Morgan fingerprint density at radius 3 is 2.90 bits per heavy atom. The number of H-pyrrole nitrogens is 1. The molecule has 4 nitrogen and oxygen atoms in total. The minimum Gasteiger partial charge on any atom is -0.361 e. The SMILES string of the molecule is O=C(NCC1(c2c[nH]c3ccc(Cl)cc23)CC1)NC1CC1. The molecule has 1 aromatic heterocycles. The van der Waals surface area contributed by atoms with Crippen LogP contribution in [0.5, 0.6) is 0 Å². The Kier molecular flexibility index (Phi) is 2.89. The van der Waals surface area contributed by atoms with Gasteiger partial charge in [0.2, 0.25) is 0 Å². The number of fused-ring (bicyclic) bond motifs is 1. The van der Waals surface area contributed by atoms with Crippen LogP contribution in [0.4, 0.5) is 4.79 Å². The molecule has 0 unspecified atom stereocenters. The molecule has 0 spiro atoms. The number of amides is 2. The summed E-state index contributed by atoms with van der Waals surface area (Å²) in [6.45, 7) is 0.686. The fourth-order valence-corrected chi connectivity index (χ4v) is 3.11. The monoisotopic (exact) mass is 303 g/mol. The van der Waals surface area contributed by atoms with Gasteiger partial charge in [0.15, 0.2) is 0 Å². The fraction of sp³-hybridized carbons (Fsp3) is 0.438. The number of carbonyl (C=O) groups is 1. The van der Waals surface area contributed by atoms with E-state index in [4.69, 9.17) is 11.6 Å². The number of hydrogen-bond donors (Lipinski definition) is 3. The lowest BCUT2D eigenvalue weighted by molar-refractivity contribution is 0.239. The van der Waals surface area contributed by atoms with Crippen molar-refractivity contribution in [2.45, 2.75) is 37.1 Å². The molecule has 2 saturated carbocycles. The Bertz CT molecular complexity index is 701. The average molecular weight is 304 g/mol. The predicted molar refractivity (Wildman–Crippen MR) is 83.8 cm³/mol. The van der Waals surface area contributed by atoms with Crippen molar-refractivity contribution >= 4 is 28.5 Å². The lowest BCUT2D eigenvalue weighted by atomic mass is 9.95. The zero-order valence-electron chi connectivity index (χ0n) is 11.7. The maximum Gasteiger partial charge on any atom is 0.315 e. The molecule has 3 N–H and O–H groups in total. The minimum absolute atomic E-state index is 0.0401. The highest BCUT2D eigenvalue weighted by molar-refractivity contribution is 6.31. The molecule has 2 aromatic rings. The average Bonchev–Trinajstić information content (AvgIpc) is 3.38. The molecule has 4 rings (SSSR count). The molecule has 110 valence electrons. The Balaban J connectivity index is 1.53. The highest BCUT2D eigenvalue weighted by Gasteiger charge is 2.46. The summed E-state index contributed by atoms with van der Waals surface area (Å²) in [5.41, 5.74) is 2.44. The first-order valence-corrected chi connectivity index (χ1v) is 7.86. The number of halogens is 1. The van der Waals surface area contributed by atoms with Gasteiger partial charge in [-0.1, -0.05) is 11.6 Å². The van der Waals surface area contributed by atoms with Crippen LogP contribution >= 0.6 is 11.6 Å². The summed E-state index contributed by atoms with van der Waals surface area (Å²) >= 11 is 6.12. The molecular formula is C16H18ClN3O. The normalized spacial score (nSPS) is 19.5. The molecule has 2 amide bonds. The van der Waals surface area contributed by atoms with E-state index in [1.165, 1.54) is 10.9 Å². The molecular weight excluding hydrogens is 286 g/mol. The fourth-order valence-electron chi connectivity index (χ4n) is 2.94. The Morgan fingerprint density at radius 1 is 1.38 bits per heavy atom. The third-order valence-electron chi connectivity index (χ3n) is 4.57. The van der Waals surface area contributed by atoms with Gasteiger partial charge < -0.3 is 15.6 Å². The van der Waals surface area contributed by atoms with Crippen molar-refractivity contribution in [3.63, 3.8) is 0 Å². The zero-order valence-corrected chi connectivity index (χ0v) is 12.5. The van der Waals surface area contributed by atoms with Gasteiger partial charge in [-0.3, -0.25) is 0 Å². The van der Waals surface area contributed by atoms with Crippen molar-refractivity contribution in [1.82, 2.24) is 15.6 Å². The van der Waals surface area contributed by atoms with E-state index in [0.717, 1.165) is 36.2 Å². The standard InChI is InChI=1S/C16H18ClN3O/c17-10-1-4-14-12(7-10)13(8-18-14)16(5-6-16)9-19-15(21)20-11-2-3-11/h1,4,7-8,11,18H,2-3,5-6,9H2,(H2,19,20,21). The van der Waals surface area contributed by atoms with Crippen LogP contribution in [0.1, 0.15) is 31.2 Å². The van der Waals surface area contributed by atoms with Gasteiger partial charge in [0.05, 0.1) is 0 Å². The van der Waals surface area contributed by atoms with Gasteiger partial charge in [-0.2, -0.15) is 0 Å². The molecule has 1 aromatic carbocycles. The number of urea groups is 1. The number of rotatable bonds is 4. The molecule has 5 heteroatoms. The number of hydrogen-bond acceptors (Lipinski definition) is 1. The van der Waals surface area contributed by atoms with Crippen LogP contribution in [0.3, 0.4) is 0 Å². The molecule has 1 heterocycles. The van der Waals surface area contributed by atoms with Crippen LogP contribution in [-0.2, 0) is 5.41 Å². The summed E-state index contributed by atoms with van der Waals surface area (Å²) < 4.78 is 0. The van der Waals surface area contributed by atoms with Gasteiger partial charge in [-0.25, -0.2) is 4.79 Å². The molecule has 2 aliphatic carbocycles. The molecule has 21 heavy (non-hydrogen) atoms. The smallest absolute Gasteiger partial charge is 0.315 e. The van der Waals surface area contributed by atoms with E-state index in [2.05, 4.69) is 21.8 Å². The van der Waals surface area contributed by atoms with Gasteiger partial charge >= 0.3 is 6.03 Å². The largest absolute Gasteiger partial charge is 0.361 e. The summed E-state index contributed by atoms with van der Waals surface area (Å²) in [7, 11) is 0. The summed E-state index contributed by atoms with van der Waals surface area (Å²) in [4.78, 5) is 15.1. The van der Waals surface area contributed by atoms with E-state index in [0.29, 0.717) is 12.6 Å². The first-order valence-electron chi connectivity index (χ1n) is 7.48. The first-order chi connectivity index (χ1) is 10.2. The Hall–Kier alpha value is -1.68. The number of benzene rings is 1. The summed E-state index contributed by atoms with van der Waals surface area (Å²) in [5.74, 6) is 0. The maximum atomic E-state index is 11.8. The number of aromatic nitrogens is 1. The van der Waals surface area contributed by atoms with Crippen molar-refractivity contribution in [2.24, 2.45) is 0 Å². The second-order valence-electron chi connectivity index (χ2n) is 6.27. The van der Waals surface area contributed by atoms with Gasteiger partial charge in [-0.05, 0) is 49.4 Å². The number of carbonyl (C=O) groups excluding carboxylic acids is 1. The van der Waals surface area contributed by atoms with Crippen LogP contribution in [0.15, 0.2) is 24.4 Å². The van der Waals surface area contributed by atoms with Crippen molar-refractivity contribution in [1.29, 1.82) is 0 Å². The summed E-state index contributed by atoms with van der Waals surface area (Å²) in [5, 5.41) is 7.91. The maximum absolute atomic E-state index is 11.8. The summed E-state index contributed by atoms with van der Waals surface area (Å²) in [6, 6.07) is 6.26. The first kappa shape index (κ1) is 13.0. The molecule has 0 atom stereocenters. The lowest BCUT2D eigenvalue weighted by Crippen LogP contribution is -2.40. The topological polar surface area (TPSA) is 56.9 Å². The third kappa shape index (κ3) is 2.48. The van der Waals surface area contributed by atoms with E-state index in [-0.39, 0.29) is 11.4 Å². The van der Waals surface area contributed by atoms with E-state index in [9.17, 15) is 4.79 Å². The Morgan fingerprint density at radius 2 is 2.19 bits per heavy atom. The highest BCUT2D eigenvalue weighted by atomic mass is 35.5. The second kappa shape index (κ2) is 4.67.